The topological polar surface area (TPSA) is 0 Å². The van der Waals surface area contributed by atoms with Crippen LogP contribution in [0.2, 0.25) is 0 Å². The van der Waals surface area contributed by atoms with E-state index in [0.717, 1.165) is 0 Å². The summed E-state index contributed by atoms with van der Waals surface area (Å²) >= 11 is 0. The maximum Gasteiger partial charge on any atom is -0.00578 e. The second-order valence-corrected chi connectivity index (χ2v) is 4.14. The molecule has 74 valence electrons. The smallest absolute Gasteiger partial charge is 0.00578 e. The van der Waals surface area contributed by atoms with Crippen LogP contribution in [0.25, 0.3) is 6.08 Å². The molecule has 0 aromatic heterocycles. The van der Waals surface area contributed by atoms with Gasteiger partial charge in [0.1, 0.15) is 0 Å². The van der Waals surface area contributed by atoms with Gasteiger partial charge in [-0.05, 0) is 30.4 Å². The average Bonchev–Trinajstić information content (AvgIpc) is 2.60. The third-order valence-electron chi connectivity index (χ3n) is 2.93. The van der Waals surface area contributed by atoms with Gasteiger partial charge < -0.3 is 0 Å². The first-order valence-corrected chi connectivity index (χ1v) is 5.67. The molecule has 0 aliphatic heterocycles. The van der Waals surface area contributed by atoms with E-state index in [2.05, 4.69) is 37.3 Å². The molecule has 0 heteroatoms. The van der Waals surface area contributed by atoms with E-state index >= 15 is 0 Å². The predicted molar refractivity (Wildman–Crippen MR) is 62.3 cm³/mol. The van der Waals surface area contributed by atoms with Gasteiger partial charge in [-0.25, -0.2) is 0 Å². The Morgan fingerprint density at radius 1 is 1.14 bits per heavy atom. The maximum absolute atomic E-state index is 2.38. The van der Waals surface area contributed by atoms with Crippen molar-refractivity contribution in [3.05, 3.63) is 41.0 Å². The molecule has 0 saturated heterocycles. The van der Waals surface area contributed by atoms with E-state index in [1.165, 1.54) is 43.2 Å². The molecule has 1 aliphatic carbocycles. The van der Waals surface area contributed by atoms with E-state index in [0.29, 0.717) is 0 Å². The van der Waals surface area contributed by atoms with Crippen LogP contribution in [0.4, 0.5) is 0 Å². The van der Waals surface area contributed by atoms with Crippen LogP contribution in [0.15, 0.2) is 29.8 Å². The van der Waals surface area contributed by atoms with Gasteiger partial charge in [-0.3, -0.25) is 0 Å². The highest BCUT2D eigenvalue weighted by atomic mass is 14.2. The molecule has 0 nitrogen and oxygen atoms in total. The van der Waals surface area contributed by atoms with Gasteiger partial charge in [0, 0.05) is 0 Å². The fourth-order valence-electron chi connectivity index (χ4n) is 2.11. The lowest BCUT2D eigenvalue weighted by atomic mass is 10.1. The highest BCUT2D eigenvalue weighted by Crippen LogP contribution is 2.27. The Morgan fingerprint density at radius 3 is 2.79 bits per heavy atom. The van der Waals surface area contributed by atoms with Gasteiger partial charge in [0.05, 0.1) is 0 Å². The van der Waals surface area contributed by atoms with Gasteiger partial charge in [0.15, 0.2) is 0 Å². The van der Waals surface area contributed by atoms with Crippen molar-refractivity contribution in [1.82, 2.24) is 0 Å². The lowest BCUT2D eigenvalue weighted by Gasteiger charge is -2.00. The fraction of sp³-hybridized carbons (Fsp3) is 0.429. The van der Waals surface area contributed by atoms with Crippen molar-refractivity contribution < 1.29 is 0 Å². The molecule has 0 spiro atoms. The molecule has 0 N–H and O–H groups in total. The van der Waals surface area contributed by atoms with Gasteiger partial charge in [0.2, 0.25) is 0 Å². The Labute approximate surface area is 86.7 Å². The van der Waals surface area contributed by atoms with Crippen molar-refractivity contribution in [2.75, 3.05) is 0 Å². The van der Waals surface area contributed by atoms with E-state index in [1.807, 2.05) is 0 Å². The molecular weight excluding hydrogens is 168 g/mol. The number of fused-ring (bicyclic) bond motifs is 1. The zero-order valence-corrected chi connectivity index (χ0v) is 8.92. The van der Waals surface area contributed by atoms with E-state index in [4.69, 9.17) is 0 Å². The Morgan fingerprint density at radius 2 is 2.00 bits per heavy atom. The average molecular weight is 186 g/mol. The van der Waals surface area contributed by atoms with Crippen LogP contribution >= 0.6 is 0 Å². The lowest BCUT2D eigenvalue weighted by molar-refractivity contribution is 0.709. The largest absolute Gasteiger partial charge is 0.0654 e. The highest BCUT2D eigenvalue weighted by molar-refractivity contribution is 5.63. The number of hydrogen-bond donors (Lipinski definition) is 0. The molecule has 0 amide bonds. The van der Waals surface area contributed by atoms with E-state index in [-0.39, 0.29) is 0 Å². The summed E-state index contributed by atoms with van der Waals surface area (Å²) in [6.07, 6.45) is 8.91. The summed E-state index contributed by atoms with van der Waals surface area (Å²) in [6, 6.07) is 8.74. The first kappa shape index (κ1) is 9.51. The number of benzene rings is 1. The molecule has 14 heavy (non-hydrogen) atoms. The molecule has 0 saturated carbocycles. The van der Waals surface area contributed by atoms with E-state index in [1.54, 1.807) is 5.57 Å². The number of allylic oxidation sites excluding steroid dienone is 1. The lowest BCUT2D eigenvalue weighted by Crippen LogP contribution is -1.85. The Bertz CT molecular complexity index is 334. The molecule has 0 heterocycles. The second kappa shape index (κ2) is 4.45. The SMILES string of the molecule is CCCCCC1=Cc2ccccc2C1. The van der Waals surface area contributed by atoms with Crippen LogP contribution in [0.1, 0.15) is 43.7 Å². The first-order chi connectivity index (χ1) is 6.90. The molecule has 2 rings (SSSR count). The zero-order valence-electron chi connectivity index (χ0n) is 8.92. The van der Waals surface area contributed by atoms with Gasteiger partial charge in [-0.2, -0.15) is 0 Å². The van der Waals surface area contributed by atoms with Crippen molar-refractivity contribution in [1.29, 1.82) is 0 Å². The third-order valence-corrected chi connectivity index (χ3v) is 2.93. The minimum Gasteiger partial charge on any atom is -0.0654 e. The third kappa shape index (κ3) is 2.06. The van der Waals surface area contributed by atoms with Crippen molar-refractivity contribution >= 4 is 6.08 Å². The summed E-state index contributed by atoms with van der Waals surface area (Å²) < 4.78 is 0. The minimum absolute atomic E-state index is 1.19. The van der Waals surface area contributed by atoms with Crippen LogP contribution in [0.3, 0.4) is 0 Å². The van der Waals surface area contributed by atoms with Crippen LogP contribution < -0.4 is 0 Å². The normalized spacial score (nSPS) is 13.9. The van der Waals surface area contributed by atoms with Crippen LogP contribution in [0.5, 0.6) is 0 Å². The molecule has 1 aromatic rings. The van der Waals surface area contributed by atoms with Crippen molar-refractivity contribution in [3.63, 3.8) is 0 Å². The van der Waals surface area contributed by atoms with Crippen LogP contribution in [0, 0.1) is 0 Å². The summed E-state index contributed by atoms with van der Waals surface area (Å²) in [6.45, 7) is 2.26. The summed E-state index contributed by atoms with van der Waals surface area (Å²) in [5.41, 5.74) is 4.58. The second-order valence-electron chi connectivity index (χ2n) is 4.14. The maximum atomic E-state index is 2.38. The molecule has 0 radical (unpaired) electrons. The van der Waals surface area contributed by atoms with Crippen LogP contribution in [-0.4, -0.2) is 0 Å². The summed E-state index contributed by atoms with van der Waals surface area (Å²) in [7, 11) is 0. The van der Waals surface area contributed by atoms with Gasteiger partial charge >= 0.3 is 0 Å². The monoisotopic (exact) mass is 186 g/mol. The minimum atomic E-state index is 1.19. The Kier molecular flexibility index (Phi) is 3.03. The fourth-order valence-corrected chi connectivity index (χ4v) is 2.11. The summed E-state index contributed by atoms with van der Waals surface area (Å²) in [5, 5.41) is 0. The number of hydrogen-bond acceptors (Lipinski definition) is 0. The zero-order chi connectivity index (χ0) is 9.80. The Hall–Kier alpha value is -1.04. The molecule has 1 aromatic carbocycles. The standard InChI is InChI=1S/C14H18/c1-2-3-4-7-12-10-13-8-5-6-9-14(13)11-12/h5-6,8-10H,2-4,7,11H2,1H3. The van der Waals surface area contributed by atoms with Crippen molar-refractivity contribution in [3.8, 4) is 0 Å². The summed E-state index contributed by atoms with van der Waals surface area (Å²) in [5.74, 6) is 0. The molecule has 0 fully saturated rings. The highest BCUT2D eigenvalue weighted by Gasteiger charge is 2.10. The van der Waals surface area contributed by atoms with Gasteiger partial charge in [-0.1, -0.05) is 55.7 Å². The van der Waals surface area contributed by atoms with Crippen molar-refractivity contribution in [2.24, 2.45) is 0 Å². The van der Waals surface area contributed by atoms with E-state index < -0.39 is 0 Å². The van der Waals surface area contributed by atoms with Crippen molar-refractivity contribution in [2.45, 2.75) is 39.0 Å². The first-order valence-electron chi connectivity index (χ1n) is 5.67. The van der Waals surface area contributed by atoms with Gasteiger partial charge in [-0.15, -0.1) is 0 Å². The number of rotatable bonds is 4. The van der Waals surface area contributed by atoms with E-state index in [9.17, 15) is 0 Å². The predicted octanol–water partition coefficient (Wildman–Crippen LogP) is 4.21. The molecule has 0 bridgehead atoms. The quantitative estimate of drug-likeness (QED) is 0.618. The molecule has 0 atom stereocenters. The van der Waals surface area contributed by atoms with Gasteiger partial charge in [0.25, 0.3) is 0 Å². The number of unbranched alkanes of at least 4 members (excludes halogenated alkanes) is 2. The summed E-state index contributed by atoms with van der Waals surface area (Å²) in [4.78, 5) is 0. The van der Waals surface area contributed by atoms with Crippen LogP contribution in [-0.2, 0) is 6.42 Å². The Balaban J connectivity index is 1.95. The molecule has 0 unspecified atom stereocenters. The molecule has 1 aliphatic rings. The molecular formula is C14H18.